The Morgan fingerprint density at radius 2 is 1.31 bits per heavy atom. The zero-order valence-corrected chi connectivity index (χ0v) is 10.1. The fraction of sp³-hybridized carbons (Fsp3) is 0.800. The third-order valence-corrected chi connectivity index (χ3v) is 2.55. The minimum Gasteiger partial charge on any atom is -0.198 e. The summed E-state index contributed by atoms with van der Waals surface area (Å²) in [5, 5.41) is 16.5. The summed E-state index contributed by atoms with van der Waals surface area (Å²) in [6.45, 7) is 0.712. The maximum absolute atomic E-state index is 11.1. The lowest BCUT2D eigenvalue weighted by molar-refractivity contribution is 0.220. The lowest BCUT2D eigenvalue weighted by Gasteiger charge is -1.92. The number of hydrogen-bond acceptors (Lipinski definition) is 5. The second-order valence-corrected chi connectivity index (χ2v) is 4.08. The van der Waals surface area contributed by atoms with Crippen molar-refractivity contribution in [3.63, 3.8) is 0 Å². The lowest BCUT2D eigenvalue weighted by Crippen LogP contribution is -1.91. The Balaban J connectivity index is 3.19. The van der Waals surface area contributed by atoms with E-state index in [4.69, 9.17) is 19.6 Å². The van der Waals surface area contributed by atoms with Crippen LogP contribution in [0.15, 0.2) is 0 Å². The largest absolute Gasteiger partial charge is 0.697 e. The fourth-order valence-electron chi connectivity index (χ4n) is 0.928. The maximum Gasteiger partial charge on any atom is 0.697 e. The minimum absolute atomic E-state index is 0.356. The van der Waals surface area contributed by atoms with Gasteiger partial charge in [0, 0.05) is 17.4 Å². The molecule has 0 unspecified atom stereocenters. The highest BCUT2D eigenvalue weighted by molar-refractivity contribution is 7.33. The molecule has 16 heavy (non-hydrogen) atoms. The standard InChI is InChI=1S/C10H16N2O3P/c11-7-3-1-5-9-14-16(13)15-10-6-2-4-8-12/h1-6,9-10H2/q+1. The number of hydrogen-bond donors (Lipinski definition) is 0. The summed E-state index contributed by atoms with van der Waals surface area (Å²) in [4.78, 5) is 0. The van der Waals surface area contributed by atoms with Gasteiger partial charge in [0.25, 0.3) is 0 Å². The van der Waals surface area contributed by atoms with Crippen LogP contribution in [0.2, 0.25) is 0 Å². The van der Waals surface area contributed by atoms with Gasteiger partial charge in [0.2, 0.25) is 0 Å². The van der Waals surface area contributed by atoms with Crippen molar-refractivity contribution in [2.24, 2.45) is 0 Å². The highest BCUT2D eigenvalue weighted by atomic mass is 31.1. The smallest absolute Gasteiger partial charge is 0.198 e. The highest BCUT2D eigenvalue weighted by Crippen LogP contribution is 2.24. The molecule has 0 atom stereocenters. The van der Waals surface area contributed by atoms with Crippen LogP contribution in [0.5, 0.6) is 0 Å². The van der Waals surface area contributed by atoms with E-state index in [1.165, 1.54) is 0 Å². The Morgan fingerprint density at radius 1 is 0.875 bits per heavy atom. The van der Waals surface area contributed by atoms with Crippen LogP contribution in [-0.4, -0.2) is 13.2 Å². The molecule has 0 saturated carbocycles. The summed E-state index contributed by atoms with van der Waals surface area (Å²) >= 11 is 0. The van der Waals surface area contributed by atoms with E-state index in [2.05, 4.69) is 0 Å². The molecule has 88 valence electrons. The number of unbranched alkanes of at least 4 members (excludes halogenated alkanes) is 4. The van der Waals surface area contributed by atoms with Crippen LogP contribution < -0.4 is 0 Å². The van der Waals surface area contributed by atoms with E-state index >= 15 is 0 Å². The van der Waals surface area contributed by atoms with Crippen molar-refractivity contribution >= 4 is 8.25 Å². The molecule has 0 aromatic rings. The SMILES string of the molecule is N#CCCCCO[P+](=O)OCCCCC#N. The maximum atomic E-state index is 11.1. The molecule has 0 saturated heterocycles. The molecule has 0 spiro atoms. The molecule has 6 heteroatoms. The molecule has 0 aliphatic rings. The summed E-state index contributed by atoms with van der Waals surface area (Å²) in [7, 11) is -2.04. The molecule has 0 aliphatic carbocycles. The third-order valence-electron chi connectivity index (χ3n) is 1.76. The van der Waals surface area contributed by atoms with E-state index in [1.54, 1.807) is 0 Å². The molecule has 0 aromatic carbocycles. The van der Waals surface area contributed by atoms with Crippen molar-refractivity contribution in [2.75, 3.05) is 13.2 Å². The monoisotopic (exact) mass is 243 g/mol. The highest BCUT2D eigenvalue weighted by Gasteiger charge is 2.18. The first kappa shape index (κ1) is 15.0. The topological polar surface area (TPSA) is 83.1 Å². The number of nitriles is 2. The van der Waals surface area contributed by atoms with E-state index in [0.717, 1.165) is 12.8 Å². The molecular weight excluding hydrogens is 227 g/mol. The van der Waals surface area contributed by atoms with Crippen molar-refractivity contribution < 1.29 is 13.6 Å². The van der Waals surface area contributed by atoms with Crippen molar-refractivity contribution in [1.82, 2.24) is 0 Å². The second kappa shape index (κ2) is 12.1. The first-order valence-electron chi connectivity index (χ1n) is 5.28. The predicted octanol–water partition coefficient (Wildman–Crippen LogP) is 3.06. The summed E-state index contributed by atoms with van der Waals surface area (Å²) in [6.07, 6.45) is 3.92. The van der Waals surface area contributed by atoms with E-state index in [0.29, 0.717) is 38.9 Å². The molecule has 0 rings (SSSR count). The molecule has 0 fully saturated rings. The zero-order valence-electron chi connectivity index (χ0n) is 9.22. The Kier molecular flexibility index (Phi) is 11.3. The molecule has 0 heterocycles. The van der Waals surface area contributed by atoms with Crippen LogP contribution in [0.25, 0.3) is 0 Å². The van der Waals surface area contributed by atoms with E-state index in [9.17, 15) is 4.57 Å². The summed E-state index contributed by atoms with van der Waals surface area (Å²) in [5.41, 5.74) is 0. The van der Waals surface area contributed by atoms with Gasteiger partial charge < -0.3 is 0 Å². The molecule has 0 bridgehead atoms. The summed E-state index contributed by atoms with van der Waals surface area (Å²) in [6, 6.07) is 4.05. The first-order valence-corrected chi connectivity index (χ1v) is 6.37. The van der Waals surface area contributed by atoms with Crippen molar-refractivity contribution in [3.8, 4) is 12.1 Å². The molecule has 0 N–H and O–H groups in total. The van der Waals surface area contributed by atoms with Crippen LogP contribution in [0.4, 0.5) is 0 Å². The van der Waals surface area contributed by atoms with Crippen molar-refractivity contribution in [1.29, 1.82) is 10.5 Å². The molecule has 5 nitrogen and oxygen atoms in total. The minimum atomic E-state index is -2.04. The normalized spacial score (nSPS) is 9.38. The van der Waals surface area contributed by atoms with Gasteiger partial charge in [-0.05, 0) is 25.7 Å². The Labute approximate surface area is 96.9 Å². The van der Waals surface area contributed by atoms with Crippen LogP contribution in [0, 0.1) is 22.7 Å². The first-order chi connectivity index (χ1) is 7.81. The van der Waals surface area contributed by atoms with E-state index in [1.807, 2.05) is 12.1 Å². The van der Waals surface area contributed by atoms with Gasteiger partial charge >= 0.3 is 8.25 Å². The van der Waals surface area contributed by atoms with E-state index < -0.39 is 8.25 Å². The van der Waals surface area contributed by atoms with Gasteiger partial charge in [0.05, 0.1) is 12.1 Å². The average molecular weight is 243 g/mol. The molecular formula is C10H16N2O3P+. The number of nitrogens with zero attached hydrogens (tertiary/aromatic N) is 2. The average Bonchev–Trinajstić information content (AvgIpc) is 2.28. The van der Waals surface area contributed by atoms with Crippen molar-refractivity contribution in [3.05, 3.63) is 0 Å². The molecule has 0 radical (unpaired) electrons. The summed E-state index contributed by atoms with van der Waals surface area (Å²) < 4.78 is 20.9. The van der Waals surface area contributed by atoms with E-state index in [-0.39, 0.29) is 0 Å². The van der Waals surface area contributed by atoms with Crippen LogP contribution >= 0.6 is 8.25 Å². The lowest BCUT2D eigenvalue weighted by atomic mass is 10.3. The number of rotatable bonds is 10. The molecule has 0 amide bonds. The third kappa shape index (κ3) is 11.1. The Hall–Kier alpha value is -1.00. The zero-order chi connectivity index (χ0) is 12.1. The van der Waals surface area contributed by atoms with Crippen LogP contribution in [0.1, 0.15) is 38.5 Å². The molecule has 0 aliphatic heterocycles. The van der Waals surface area contributed by atoms with Crippen molar-refractivity contribution in [2.45, 2.75) is 38.5 Å². The Bertz CT molecular complexity index is 244. The summed E-state index contributed by atoms with van der Waals surface area (Å²) in [5.74, 6) is 0. The van der Waals surface area contributed by atoms with Gasteiger partial charge in [-0.3, -0.25) is 0 Å². The fourth-order valence-corrected chi connectivity index (χ4v) is 1.56. The molecule has 0 aromatic heterocycles. The van der Waals surface area contributed by atoms with Gasteiger partial charge in [0.1, 0.15) is 13.2 Å². The second-order valence-electron chi connectivity index (χ2n) is 3.12. The predicted molar refractivity (Wildman–Crippen MR) is 58.4 cm³/mol. The van der Waals surface area contributed by atoms with Crippen LogP contribution in [0.3, 0.4) is 0 Å². The van der Waals surface area contributed by atoms with Gasteiger partial charge in [-0.15, -0.1) is 9.05 Å². The van der Waals surface area contributed by atoms with Gasteiger partial charge in [-0.1, -0.05) is 0 Å². The van der Waals surface area contributed by atoms with Gasteiger partial charge in [-0.2, -0.15) is 10.5 Å². The van der Waals surface area contributed by atoms with Gasteiger partial charge in [-0.25, -0.2) is 0 Å². The van der Waals surface area contributed by atoms with Gasteiger partial charge in [0.15, 0.2) is 0 Å². The Morgan fingerprint density at radius 3 is 1.69 bits per heavy atom. The van der Waals surface area contributed by atoms with Crippen LogP contribution in [-0.2, 0) is 13.6 Å². The quantitative estimate of drug-likeness (QED) is 0.435.